The Morgan fingerprint density at radius 2 is 1.86 bits per heavy atom. The van der Waals surface area contributed by atoms with E-state index in [-0.39, 0.29) is 18.3 Å². The normalized spacial score (nSPS) is 12.4. The summed E-state index contributed by atoms with van der Waals surface area (Å²) in [5.74, 6) is -0.805. The summed E-state index contributed by atoms with van der Waals surface area (Å²) in [6.07, 6.45) is 0.262. The van der Waals surface area contributed by atoms with Crippen molar-refractivity contribution in [2.24, 2.45) is 0 Å². The fourth-order valence-corrected chi connectivity index (χ4v) is 2.65. The first-order valence-electron chi connectivity index (χ1n) is 6.64. The second kappa shape index (κ2) is 7.21. The molecule has 1 atom stereocenters. The Kier molecular flexibility index (Phi) is 5.57. The second-order valence-electron chi connectivity index (χ2n) is 4.68. The molecular formula is C16H15Cl2F2N. The van der Waals surface area contributed by atoms with E-state index in [1.807, 2.05) is 6.92 Å². The molecule has 0 amide bonds. The topological polar surface area (TPSA) is 12.0 Å². The molecule has 2 aromatic carbocycles. The first-order valence-corrected chi connectivity index (χ1v) is 7.39. The van der Waals surface area contributed by atoms with Crippen molar-refractivity contribution in [3.05, 3.63) is 69.2 Å². The third-order valence-corrected chi connectivity index (χ3v) is 3.85. The Bertz CT molecular complexity index is 611. The summed E-state index contributed by atoms with van der Waals surface area (Å²) >= 11 is 11.8. The molecule has 0 heterocycles. The molecule has 0 bridgehead atoms. The first kappa shape index (κ1) is 16.2. The predicted octanol–water partition coefficient (Wildman–Crippen LogP) is 5.16. The molecule has 0 aromatic heterocycles. The zero-order chi connectivity index (χ0) is 15.4. The molecule has 0 radical (unpaired) electrons. The van der Waals surface area contributed by atoms with E-state index in [1.165, 1.54) is 12.1 Å². The van der Waals surface area contributed by atoms with Crippen LogP contribution in [0.25, 0.3) is 0 Å². The summed E-state index contributed by atoms with van der Waals surface area (Å²) in [5, 5.41) is 3.82. The molecular weight excluding hydrogens is 315 g/mol. The van der Waals surface area contributed by atoms with Crippen LogP contribution in [0.5, 0.6) is 0 Å². The number of rotatable bonds is 5. The minimum absolute atomic E-state index is 0.262. The van der Waals surface area contributed by atoms with Gasteiger partial charge in [0, 0.05) is 27.2 Å². The van der Waals surface area contributed by atoms with Gasteiger partial charge in [-0.25, -0.2) is 8.78 Å². The molecule has 0 aliphatic carbocycles. The SMILES string of the molecule is CCNC(Cc1c(F)cccc1Cl)c1ccc(Cl)cc1F. The second-order valence-corrected chi connectivity index (χ2v) is 5.52. The third-order valence-electron chi connectivity index (χ3n) is 3.26. The Labute approximate surface area is 132 Å². The van der Waals surface area contributed by atoms with Gasteiger partial charge in [-0.2, -0.15) is 0 Å². The highest BCUT2D eigenvalue weighted by Gasteiger charge is 2.19. The van der Waals surface area contributed by atoms with Gasteiger partial charge in [-0.3, -0.25) is 0 Å². The largest absolute Gasteiger partial charge is 0.310 e. The molecule has 21 heavy (non-hydrogen) atoms. The van der Waals surface area contributed by atoms with Crippen molar-refractivity contribution in [1.82, 2.24) is 5.32 Å². The van der Waals surface area contributed by atoms with Crippen LogP contribution in [0.4, 0.5) is 8.78 Å². The summed E-state index contributed by atoms with van der Waals surface area (Å²) in [5.41, 5.74) is 0.819. The molecule has 0 aliphatic rings. The van der Waals surface area contributed by atoms with Gasteiger partial charge >= 0.3 is 0 Å². The van der Waals surface area contributed by atoms with E-state index in [0.29, 0.717) is 27.7 Å². The monoisotopic (exact) mass is 329 g/mol. The predicted molar refractivity (Wildman–Crippen MR) is 82.9 cm³/mol. The molecule has 0 fully saturated rings. The van der Waals surface area contributed by atoms with Crippen molar-refractivity contribution in [2.45, 2.75) is 19.4 Å². The van der Waals surface area contributed by atoms with Crippen molar-refractivity contribution >= 4 is 23.2 Å². The first-order chi connectivity index (χ1) is 10.0. The summed E-state index contributed by atoms with van der Waals surface area (Å²) in [6.45, 7) is 2.53. The Hall–Kier alpha value is -1.16. The summed E-state index contributed by atoms with van der Waals surface area (Å²) in [7, 11) is 0. The summed E-state index contributed by atoms with van der Waals surface area (Å²) in [4.78, 5) is 0. The van der Waals surface area contributed by atoms with Crippen molar-refractivity contribution in [3.63, 3.8) is 0 Å². The van der Waals surface area contributed by atoms with Crippen LogP contribution in [0.1, 0.15) is 24.1 Å². The van der Waals surface area contributed by atoms with Crippen LogP contribution >= 0.6 is 23.2 Å². The fraction of sp³-hybridized carbons (Fsp3) is 0.250. The lowest BCUT2D eigenvalue weighted by Crippen LogP contribution is -2.24. The standard InChI is InChI=1S/C16H15Cl2F2N/c1-2-21-16(11-7-6-10(17)8-15(11)20)9-12-13(18)4-3-5-14(12)19/h3-8,16,21H,2,9H2,1H3. The molecule has 5 heteroatoms. The minimum Gasteiger partial charge on any atom is -0.310 e. The lowest BCUT2D eigenvalue weighted by Gasteiger charge is -2.20. The van der Waals surface area contributed by atoms with E-state index < -0.39 is 5.82 Å². The van der Waals surface area contributed by atoms with Gasteiger partial charge in [-0.15, -0.1) is 0 Å². The smallest absolute Gasteiger partial charge is 0.129 e. The van der Waals surface area contributed by atoms with Gasteiger partial charge in [-0.05, 0) is 37.2 Å². The average Bonchev–Trinajstić information content (AvgIpc) is 2.42. The van der Waals surface area contributed by atoms with Crippen LogP contribution in [-0.2, 0) is 6.42 Å². The molecule has 0 spiro atoms. The Balaban J connectivity index is 2.35. The lowest BCUT2D eigenvalue weighted by molar-refractivity contribution is 0.498. The van der Waals surface area contributed by atoms with Gasteiger partial charge in [-0.1, -0.05) is 42.3 Å². The molecule has 112 valence electrons. The molecule has 1 nitrogen and oxygen atoms in total. The number of hydrogen-bond donors (Lipinski definition) is 1. The van der Waals surface area contributed by atoms with E-state index in [0.717, 1.165) is 0 Å². The van der Waals surface area contributed by atoms with Crippen molar-refractivity contribution in [3.8, 4) is 0 Å². The zero-order valence-corrected chi connectivity index (χ0v) is 13.0. The van der Waals surface area contributed by atoms with Gasteiger partial charge in [0.25, 0.3) is 0 Å². The maximum atomic E-state index is 14.1. The van der Waals surface area contributed by atoms with Gasteiger partial charge < -0.3 is 5.32 Å². The highest BCUT2D eigenvalue weighted by molar-refractivity contribution is 6.31. The molecule has 2 rings (SSSR count). The number of hydrogen-bond acceptors (Lipinski definition) is 1. The van der Waals surface area contributed by atoms with E-state index in [2.05, 4.69) is 5.32 Å². The molecule has 1 N–H and O–H groups in total. The molecule has 0 aliphatic heterocycles. The maximum absolute atomic E-state index is 14.1. The van der Waals surface area contributed by atoms with Crippen LogP contribution in [0.2, 0.25) is 10.0 Å². The Morgan fingerprint density at radius 1 is 1.10 bits per heavy atom. The third kappa shape index (κ3) is 3.94. The van der Waals surface area contributed by atoms with E-state index in [9.17, 15) is 8.78 Å². The molecule has 2 aromatic rings. The van der Waals surface area contributed by atoms with Crippen LogP contribution in [0, 0.1) is 11.6 Å². The fourth-order valence-electron chi connectivity index (χ4n) is 2.25. The summed E-state index contributed by atoms with van der Waals surface area (Å²) < 4.78 is 28.0. The van der Waals surface area contributed by atoms with E-state index in [4.69, 9.17) is 23.2 Å². The van der Waals surface area contributed by atoms with Crippen LogP contribution in [0.3, 0.4) is 0 Å². The minimum atomic E-state index is -0.416. The lowest BCUT2D eigenvalue weighted by atomic mass is 9.98. The molecule has 0 saturated heterocycles. The van der Waals surface area contributed by atoms with Crippen molar-refractivity contribution in [1.29, 1.82) is 0 Å². The van der Waals surface area contributed by atoms with E-state index in [1.54, 1.807) is 24.3 Å². The summed E-state index contributed by atoms with van der Waals surface area (Å²) in [6, 6.07) is 8.63. The highest BCUT2D eigenvalue weighted by Crippen LogP contribution is 2.28. The van der Waals surface area contributed by atoms with Gasteiger partial charge in [0.1, 0.15) is 11.6 Å². The van der Waals surface area contributed by atoms with Crippen molar-refractivity contribution in [2.75, 3.05) is 6.54 Å². The van der Waals surface area contributed by atoms with Crippen molar-refractivity contribution < 1.29 is 8.78 Å². The number of likely N-dealkylation sites (N-methyl/N-ethyl adjacent to an activating group) is 1. The van der Waals surface area contributed by atoms with E-state index >= 15 is 0 Å². The number of benzene rings is 2. The van der Waals surface area contributed by atoms with Crippen LogP contribution < -0.4 is 5.32 Å². The van der Waals surface area contributed by atoms with Gasteiger partial charge in [0.15, 0.2) is 0 Å². The number of halogens is 4. The molecule has 0 saturated carbocycles. The maximum Gasteiger partial charge on any atom is 0.129 e. The van der Waals surface area contributed by atoms with Gasteiger partial charge in [0.05, 0.1) is 0 Å². The Morgan fingerprint density at radius 3 is 2.48 bits per heavy atom. The average molecular weight is 330 g/mol. The highest BCUT2D eigenvalue weighted by atomic mass is 35.5. The molecule has 1 unspecified atom stereocenters. The van der Waals surface area contributed by atoms with Crippen LogP contribution in [-0.4, -0.2) is 6.54 Å². The van der Waals surface area contributed by atoms with Gasteiger partial charge in [0.2, 0.25) is 0 Å². The quantitative estimate of drug-likeness (QED) is 0.798. The number of nitrogens with one attached hydrogen (secondary N) is 1. The zero-order valence-electron chi connectivity index (χ0n) is 11.5. The van der Waals surface area contributed by atoms with Crippen LogP contribution in [0.15, 0.2) is 36.4 Å².